The molecule has 0 saturated heterocycles. The third kappa shape index (κ3) is 5.26. The minimum atomic E-state index is -5.55. The van der Waals surface area contributed by atoms with Crippen molar-refractivity contribution in [3.63, 3.8) is 0 Å². The van der Waals surface area contributed by atoms with E-state index in [1.807, 2.05) is 0 Å². The van der Waals surface area contributed by atoms with Gasteiger partial charge in [-0.2, -0.15) is 21.6 Å². The van der Waals surface area contributed by atoms with Gasteiger partial charge in [-0.05, 0) is 43.4 Å². The summed E-state index contributed by atoms with van der Waals surface area (Å²) in [5, 5.41) is 4.25. The van der Waals surface area contributed by atoms with Gasteiger partial charge in [-0.3, -0.25) is 4.72 Å². The number of nitrogens with one attached hydrogen (secondary N) is 1. The molecule has 146 valence electrons. The van der Waals surface area contributed by atoms with Crippen LogP contribution in [0, 0.1) is 5.92 Å². The fraction of sp³-hybridized carbons (Fsp3) is 0.562. The van der Waals surface area contributed by atoms with Crippen LogP contribution in [0.2, 0.25) is 5.02 Å². The lowest BCUT2D eigenvalue weighted by Gasteiger charge is -2.15. The third-order valence-electron chi connectivity index (χ3n) is 4.14. The molecule has 10 heteroatoms. The lowest BCUT2D eigenvalue weighted by Crippen LogP contribution is -2.30. The molecule has 2 rings (SSSR count). The van der Waals surface area contributed by atoms with Gasteiger partial charge in [0.1, 0.15) is 6.61 Å². The molecule has 5 nitrogen and oxygen atoms in total. The number of hydrogen-bond donors (Lipinski definition) is 1. The molecule has 0 heterocycles. The van der Waals surface area contributed by atoms with Crippen LogP contribution < -0.4 is 4.72 Å². The van der Waals surface area contributed by atoms with Crippen molar-refractivity contribution in [3.05, 3.63) is 28.8 Å². The molecule has 0 unspecified atom stereocenters. The smallest absolute Gasteiger partial charge is 0.395 e. The van der Waals surface area contributed by atoms with Crippen molar-refractivity contribution in [1.82, 2.24) is 0 Å². The summed E-state index contributed by atoms with van der Waals surface area (Å²) in [6, 6.07) is 3.83. The first-order valence-corrected chi connectivity index (χ1v) is 10.1. The molecule has 0 spiro atoms. The summed E-state index contributed by atoms with van der Waals surface area (Å²) in [5.74, 6) is 0.416. The Morgan fingerprint density at radius 2 is 2.00 bits per heavy atom. The van der Waals surface area contributed by atoms with Crippen LogP contribution in [0.1, 0.15) is 44.6 Å². The Labute approximate surface area is 155 Å². The molecule has 1 aromatic rings. The fourth-order valence-corrected chi connectivity index (χ4v) is 3.50. The number of sulfonamides is 1. The summed E-state index contributed by atoms with van der Waals surface area (Å²) in [6.07, 6.45) is 4.74. The van der Waals surface area contributed by atoms with Gasteiger partial charge in [0, 0.05) is 10.6 Å². The predicted octanol–water partition coefficient (Wildman–Crippen LogP) is 4.92. The van der Waals surface area contributed by atoms with Crippen LogP contribution >= 0.6 is 11.6 Å². The zero-order valence-electron chi connectivity index (χ0n) is 14.1. The number of rotatable bonds is 7. The van der Waals surface area contributed by atoms with E-state index in [4.69, 9.17) is 16.4 Å². The van der Waals surface area contributed by atoms with Crippen molar-refractivity contribution in [1.29, 1.82) is 0 Å². The molecule has 26 heavy (non-hydrogen) atoms. The number of nitrogens with zero attached hydrogens (tertiary/aromatic N) is 1. The minimum absolute atomic E-state index is 0.152. The van der Waals surface area contributed by atoms with Crippen LogP contribution in [0.15, 0.2) is 23.4 Å². The van der Waals surface area contributed by atoms with Crippen molar-refractivity contribution in [2.45, 2.75) is 44.5 Å². The van der Waals surface area contributed by atoms with Gasteiger partial charge in [0.15, 0.2) is 0 Å². The van der Waals surface area contributed by atoms with Gasteiger partial charge < -0.3 is 4.84 Å². The number of benzene rings is 1. The molecule has 0 aliphatic heterocycles. The van der Waals surface area contributed by atoms with E-state index < -0.39 is 15.5 Å². The lowest BCUT2D eigenvalue weighted by molar-refractivity contribution is -0.0429. The summed E-state index contributed by atoms with van der Waals surface area (Å²) in [5.41, 5.74) is -5.21. The van der Waals surface area contributed by atoms with Crippen molar-refractivity contribution >= 4 is 33.0 Å². The largest absolute Gasteiger partial charge is 0.516 e. The molecule has 0 radical (unpaired) electrons. The van der Waals surface area contributed by atoms with Gasteiger partial charge in [0.05, 0.1) is 11.4 Å². The van der Waals surface area contributed by atoms with E-state index in [0.717, 1.165) is 25.7 Å². The summed E-state index contributed by atoms with van der Waals surface area (Å²) >= 11 is 5.92. The van der Waals surface area contributed by atoms with E-state index in [-0.39, 0.29) is 16.3 Å². The summed E-state index contributed by atoms with van der Waals surface area (Å²) in [7, 11) is -5.55. The molecule has 0 atom stereocenters. The molecule has 1 fully saturated rings. The van der Waals surface area contributed by atoms with Gasteiger partial charge in [-0.25, -0.2) is 0 Å². The molecular formula is C16H20ClF3N2O3S. The highest BCUT2D eigenvalue weighted by Gasteiger charge is 2.46. The molecule has 1 aromatic carbocycles. The Kier molecular flexibility index (Phi) is 6.79. The first kappa shape index (κ1) is 20.8. The molecule has 0 aromatic heterocycles. The molecule has 1 saturated carbocycles. The Balaban J connectivity index is 2.26. The maximum Gasteiger partial charge on any atom is 0.516 e. The normalized spacial score (nSPS) is 16.7. The monoisotopic (exact) mass is 412 g/mol. The second kappa shape index (κ2) is 8.47. The highest BCUT2D eigenvalue weighted by atomic mass is 35.5. The minimum Gasteiger partial charge on any atom is -0.395 e. The average molecular weight is 413 g/mol. The number of oxime groups is 1. The molecule has 0 amide bonds. The highest BCUT2D eigenvalue weighted by molar-refractivity contribution is 7.93. The van der Waals surface area contributed by atoms with Crippen LogP contribution in [0.25, 0.3) is 0 Å². The first-order valence-electron chi connectivity index (χ1n) is 8.22. The van der Waals surface area contributed by atoms with Crippen LogP contribution in [-0.4, -0.2) is 26.2 Å². The van der Waals surface area contributed by atoms with E-state index in [9.17, 15) is 21.6 Å². The van der Waals surface area contributed by atoms with Gasteiger partial charge in [0.25, 0.3) is 0 Å². The second-order valence-electron chi connectivity index (χ2n) is 6.08. The average Bonchev–Trinajstić information content (AvgIpc) is 3.05. The van der Waals surface area contributed by atoms with Gasteiger partial charge in [-0.15, -0.1) is 0 Å². The quantitative estimate of drug-likeness (QED) is 0.510. The molecule has 0 bridgehead atoms. The number of alkyl halides is 3. The van der Waals surface area contributed by atoms with Crippen LogP contribution in [0.5, 0.6) is 0 Å². The number of anilines is 1. The standard InChI is InChI=1S/C16H20ClF3N2O3S/c1-2-14(21-25-10-11-5-3-4-6-11)13-9-12(17)7-8-15(13)22-26(23,24)16(18,19)20/h7-9,11,22H,2-6,10H2,1H3/b21-14+. The third-order valence-corrected chi connectivity index (χ3v) is 5.47. The fourth-order valence-electron chi connectivity index (χ4n) is 2.75. The van der Waals surface area contributed by atoms with Crippen LogP contribution in [-0.2, 0) is 14.9 Å². The highest BCUT2D eigenvalue weighted by Crippen LogP contribution is 2.29. The van der Waals surface area contributed by atoms with Crippen molar-refractivity contribution < 1.29 is 26.4 Å². The van der Waals surface area contributed by atoms with E-state index in [1.54, 1.807) is 11.6 Å². The molecule has 1 aliphatic carbocycles. The molecule has 1 N–H and O–H groups in total. The van der Waals surface area contributed by atoms with Crippen molar-refractivity contribution in [3.8, 4) is 0 Å². The van der Waals surface area contributed by atoms with Crippen LogP contribution in [0.3, 0.4) is 0 Å². The van der Waals surface area contributed by atoms with Crippen molar-refractivity contribution in [2.75, 3.05) is 11.3 Å². The van der Waals surface area contributed by atoms with E-state index in [1.165, 1.54) is 18.2 Å². The van der Waals surface area contributed by atoms with Crippen molar-refractivity contribution in [2.24, 2.45) is 11.1 Å². The SMILES string of the molecule is CC/C(=N\OCC1CCCC1)c1cc(Cl)ccc1NS(=O)(=O)C(F)(F)F. The Morgan fingerprint density at radius 1 is 1.35 bits per heavy atom. The van der Waals surface area contributed by atoms with E-state index in [0.29, 0.717) is 24.7 Å². The summed E-state index contributed by atoms with van der Waals surface area (Å²) in [6.45, 7) is 2.16. The summed E-state index contributed by atoms with van der Waals surface area (Å²) < 4.78 is 62.4. The second-order valence-corrected chi connectivity index (χ2v) is 8.19. The topological polar surface area (TPSA) is 67.8 Å². The van der Waals surface area contributed by atoms with E-state index >= 15 is 0 Å². The zero-order chi connectivity index (χ0) is 19.4. The Bertz CT molecular complexity index is 760. The van der Waals surface area contributed by atoms with Gasteiger partial charge >= 0.3 is 15.5 Å². The maximum absolute atomic E-state index is 12.7. The molecule has 1 aliphatic rings. The maximum atomic E-state index is 12.7. The van der Waals surface area contributed by atoms with Gasteiger partial charge in [-0.1, -0.05) is 36.5 Å². The number of halogens is 4. The zero-order valence-corrected chi connectivity index (χ0v) is 15.7. The first-order chi connectivity index (χ1) is 12.1. The van der Waals surface area contributed by atoms with E-state index in [2.05, 4.69) is 5.16 Å². The lowest BCUT2D eigenvalue weighted by atomic mass is 10.1. The Hall–Kier alpha value is -1.48. The Morgan fingerprint density at radius 3 is 2.58 bits per heavy atom. The predicted molar refractivity (Wildman–Crippen MR) is 94.8 cm³/mol. The van der Waals surface area contributed by atoms with Crippen LogP contribution in [0.4, 0.5) is 18.9 Å². The van der Waals surface area contributed by atoms with Gasteiger partial charge in [0.2, 0.25) is 0 Å². The summed E-state index contributed by atoms with van der Waals surface area (Å²) in [4.78, 5) is 5.36. The molecular weight excluding hydrogens is 393 g/mol. The number of hydrogen-bond acceptors (Lipinski definition) is 4.